The van der Waals surface area contributed by atoms with E-state index < -0.39 is 0 Å². The van der Waals surface area contributed by atoms with Crippen molar-refractivity contribution in [3.05, 3.63) is 29.8 Å². The second-order valence-corrected chi connectivity index (χ2v) is 4.08. The molecule has 4 heteroatoms. The normalized spacial score (nSPS) is 15.3. The molecular formula is C13H18ClNO2. The van der Waals surface area contributed by atoms with E-state index in [2.05, 4.69) is 4.90 Å². The van der Waals surface area contributed by atoms with E-state index in [0.29, 0.717) is 5.56 Å². The van der Waals surface area contributed by atoms with Crippen LogP contribution in [0.15, 0.2) is 24.3 Å². The van der Waals surface area contributed by atoms with Crippen LogP contribution >= 0.6 is 12.4 Å². The molecule has 2 rings (SSSR count). The van der Waals surface area contributed by atoms with Crippen LogP contribution in [0.5, 0.6) is 5.75 Å². The largest absolute Gasteiger partial charge is 0.492 e. The summed E-state index contributed by atoms with van der Waals surface area (Å²) in [6.45, 7) is 4.12. The van der Waals surface area contributed by atoms with Crippen molar-refractivity contribution in [3.63, 3.8) is 0 Å². The zero-order chi connectivity index (χ0) is 11.2. The highest BCUT2D eigenvalue weighted by Gasteiger charge is 2.10. The van der Waals surface area contributed by atoms with Crippen LogP contribution < -0.4 is 4.74 Å². The van der Waals surface area contributed by atoms with Gasteiger partial charge in [0.2, 0.25) is 0 Å². The molecule has 0 radical (unpaired) electrons. The number of rotatable bonds is 5. The Morgan fingerprint density at radius 1 is 1.18 bits per heavy atom. The van der Waals surface area contributed by atoms with E-state index in [-0.39, 0.29) is 12.4 Å². The first-order chi connectivity index (χ1) is 7.88. The Balaban J connectivity index is 0.00000144. The van der Waals surface area contributed by atoms with Gasteiger partial charge in [-0.2, -0.15) is 0 Å². The van der Waals surface area contributed by atoms with Crippen molar-refractivity contribution in [2.24, 2.45) is 0 Å². The minimum absolute atomic E-state index is 0. The fourth-order valence-electron chi connectivity index (χ4n) is 1.94. The van der Waals surface area contributed by atoms with Gasteiger partial charge in [0, 0.05) is 12.1 Å². The molecule has 1 saturated heterocycles. The molecule has 0 saturated carbocycles. The minimum atomic E-state index is 0. The lowest BCUT2D eigenvalue weighted by molar-refractivity contribution is 0.112. The maximum Gasteiger partial charge on any atom is 0.150 e. The van der Waals surface area contributed by atoms with Gasteiger partial charge in [0.1, 0.15) is 18.6 Å². The molecule has 1 aliphatic heterocycles. The quantitative estimate of drug-likeness (QED) is 0.757. The van der Waals surface area contributed by atoms with Crippen molar-refractivity contribution in [1.29, 1.82) is 0 Å². The summed E-state index contributed by atoms with van der Waals surface area (Å²) >= 11 is 0. The third kappa shape index (κ3) is 4.36. The molecule has 0 aliphatic carbocycles. The molecule has 1 aliphatic rings. The van der Waals surface area contributed by atoms with Crippen molar-refractivity contribution in [3.8, 4) is 5.75 Å². The minimum Gasteiger partial charge on any atom is -0.492 e. The number of ether oxygens (including phenoxy) is 1. The van der Waals surface area contributed by atoms with Gasteiger partial charge < -0.3 is 4.74 Å². The molecule has 17 heavy (non-hydrogen) atoms. The van der Waals surface area contributed by atoms with Gasteiger partial charge in [0.25, 0.3) is 0 Å². The topological polar surface area (TPSA) is 29.5 Å². The standard InChI is InChI=1S/C13H17NO2.ClH/c15-11-12-3-5-13(6-4-12)16-10-9-14-7-1-2-8-14;/h3-6,11H,1-2,7-10H2;1H. The number of hydrogen-bond donors (Lipinski definition) is 0. The number of likely N-dealkylation sites (tertiary alicyclic amines) is 1. The van der Waals surface area contributed by atoms with Crippen LogP contribution in [-0.2, 0) is 0 Å². The fourth-order valence-corrected chi connectivity index (χ4v) is 1.94. The van der Waals surface area contributed by atoms with Crippen molar-refractivity contribution in [1.82, 2.24) is 4.90 Å². The molecule has 0 amide bonds. The molecule has 0 unspecified atom stereocenters. The monoisotopic (exact) mass is 255 g/mol. The number of aldehydes is 1. The van der Waals surface area contributed by atoms with E-state index in [4.69, 9.17) is 4.74 Å². The van der Waals surface area contributed by atoms with Crippen LogP contribution in [0.4, 0.5) is 0 Å². The van der Waals surface area contributed by atoms with Crippen LogP contribution in [-0.4, -0.2) is 37.4 Å². The molecule has 0 spiro atoms. The van der Waals surface area contributed by atoms with Gasteiger partial charge >= 0.3 is 0 Å². The number of nitrogens with zero attached hydrogens (tertiary/aromatic N) is 1. The van der Waals surface area contributed by atoms with E-state index in [9.17, 15) is 4.79 Å². The fraction of sp³-hybridized carbons (Fsp3) is 0.462. The Bertz CT molecular complexity index is 334. The predicted molar refractivity (Wildman–Crippen MR) is 70.2 cm³/mol. The SMILES string of the molecule is Cl.O=Cc1ccc(OCCN2CCCC2)cc1. The molecule has 3 nitrogen and oxygen atoms in total. The van der Waals surface area contributed by atoms with Gasteiger partial charge in [-0.3, -0.25) is 9.69 Å². The van der Waals surface area contributed by atoms with Crippen molar-refractivity contribution < 1.29 is 9.53 Å². The Hall–Kier alpha value is -1.06. The average molecular weight is 256 g/mol. The lowest BCUT2D eigenvalue weighted by Gasteiger charge is -2.14. The highest BCUT2D eigenvalue weighted by molar-refractivity contribution is 5.85. The van der Waals surface area contributed by atoms with E-state index in [1.807, 2.05) is 12.1 Å². The third-order valence-corrected chi connectivity index (χ3v) is 2.89. The summed E-state index contributed by atoms with van der Waals surface area (Å²) in [5.41, 5.74) is 0.687. The Morgan fingerprint density at radius 2 is 1.82 bits per heavy atom. The molecule has 1 aromatic carbocycles. The van der Waals surface area contributed by atoms with Crippen LogP contribution in [0.1, 0.15) is 23.2 Å². The summed E-state index contributed by atoms with van der Waals surface area (Å²) in [5.74, 6) is 0.838. The van der Waals surface area contributed by atoms with Crippen molar-refractivity contribution in [2.75, 3.05) is 26.2 Å². The van der Waals surface area contributed by atoms with Gasteiger partial charge in [-0.25, -0.2) is 0 Å². The Labute approximate surface area is 108 Å². The lowest BCUT2D eigenvalue weighted by atomic mass is 10.2. The molecule has 1 aromatic rings. The van der Waals surface area contributed by atoms with Gasteiger partial charge in [0.15, 0.2) is 0 Å². The molecular weight excluding hydrogens is 238 g/mol. The molecule has 1 fully saturated rings. The van der Waals surface area contributed by atoms with E-state index in [0.717, 1.165) is 25.2 Å². The third-order valence-electron chi connectivity index (χ3n) is 2.89. The molecule has 0 atom stereocenters. The maximum atomic E-state index is 10.5. The van der Waals surface area contributed by atoms with Crippen LogP contribution in [0.2, 0.25) is 0 Å². The van der Waals surface area contributed by atoms with E-state index >= 15 is 0 Å². The number of carbonyl (C=O) groups is 1. The molecule has 0 bridgehead atoms. The van der Waals surface area contributed by atoms with Gasteiger partial charge in [-0.05, 0) is 50.2 Å². The molecule has 0 aromatic heterocycles. The van der Waals surface area contributed by atoms with Crippen molar-refractivity contribution >= 4 is 18.7 Å². The highest BCUT2D eigenvalue weighted by atomic mass is 35.5. The first-order valence-electron chi connectivity index (χ1n) is 5.79. The lowest BCUT2D eigenvalue weighted by Crippen LogP contribution is -2.25. The van der Waals surface area contributed by atoms with Crippen LogP contribution in [0.3, 0.4) is 0 Å². The second kappa shape index (κ2) is 7.30. The zero-order valence-electron chi connectivity index (χ0n) is 9.80. The van der Waals surface area contributed by atoms with Gasteiger partial charge in [0.05, 0.1) is 0 Å². The van der Waals surface area contributed by atoms with Crippen LogP contribution in [0, 0.1) is 0 Å². The zero-order valence-corrected chi connectivity index (χ0v) is 10.6. The van der Waals surface area contributed by atoms with Gasteiger partial charge in [-0.1, -0.05) is 0 Å². The summed E-state index contributed by atoms with van der Waals surface area (Å²) in [7, 11) is 0. The number of carbonyl (C=O) groups excluding carboxylic acids is 1. The second-order valence-electron chi connectivity index (χ2n) is 4.08. The molecule has 1 heterocycles. The Morgan fingerprint density at radius 3 is 2.41 bits per heavy atom. The smallest absolute Gasteiger partial charge is 0.150 e. The van der Waals surface area contributed by atoms with E-state index in [1.54, 1.807) is 12.1 Å². The summed E-state index contributed by atoms with van der Waals surface area (Å²) in [6, 6.07) is 7.23. The maximum absolute atomic E-state index is 10.5. The Kier molecular flexibility index (Phi) is 6.01. The number of benzene rings is 1. The number of hydrogen-bond acceptors (Lipinski definition) is 3. The summed E-state index contributed by atoms with van der Waals surface area (Å²) in [4.78, 5) is 12.9. The summed E-state index contributed by atoms with van der Waals surface area (Å²) in [6.07, 6.45) is 3.47. The van der Waals surface area contributed by atoms with Crippen LogP contribution in [0.25, 0.3) is 0 Å². The summed E-state index contributed by atoms with van der Waals surface area (Å²) in [5, 5.41) is 0. The average Bonchev–Trinajstić information content (AvgIpc) is 2.83. The first kappa shape index (κ1) is 14.0. The van der Waals surface area contributed by atoms with Gasteiger partial charge in [-0.15, -0.1) is 12.4 Å². The highest BCUT2D eigenvalue weighted by Crippen LogP contribution is 2.12. The number of halogens is 1. The first-order valence-corrected chi connectivity index (χ1v) is 5.79. The predicted octanol–water partition coefficient (Wildman–Crippen LogP) is 2.40. The molecule has 94 valence electrons. The molecule has 0 N–H and O–H groups in total. The van der Waals surface area contributed by atoms with Crippen molar-refractivity contribution in [2.45, 2.75) is 12.8 Å². The summed E-state index contributed by atoms with van der Waals surface area (Å²) < 4.78 is 5.61. The van der Waals surface area contributed by atoms with E-state index in [1.165, 1.54) is 25.9 Å².